The summed E-state index contributed by atoms with van der Waals surface area (Å²) in [6.45, 7) is 2.16. The third-order valence-electron chi connectivity index (χ3n) is 3.06. The van der Waals surface area contributed by atoms with Crippen molar-refractivity contribution in [1.29, 1.82) is 0 Å². The summed E-state index contributed by atoms with van der Waals surface area (Å²) in [4.78, 5) is 23.9. The molecule has 0 fully saturated rings. The fraction of sp³-hybridized carbons (Fsp3) is 0.467. The van der Waals surface area contributed by atoms with E-state index in [-0.39, 0.29) is 29.7 Å². The van der Waals surface area contributed by atoms with Crippen LogP contribution in [0.2, 0.25) is 5.02 Å². The molecule has 1 unspecified atom stereocenters. The number of carbonyl (C=O) groups is 2. The van der Waals surface area contributed by atoms with E-state index in [4.69, 9.17) is 16.3 Å². The van der Waals surface area contributed by atoms with E-state index in [0.29, 0.717) is 0 Å². The number of rotatable bonds is 7. The monoisotopic (exact) mass is 398 g/mol. The molecule has 0 saturated heterocycles. The lowest BCUT2D eigenvalue weighted by Gasteiger charge is -2.35. The van der Waals surface area contributed by atoms with Crippen molar-refractivity contribution in [3.63, 3.8) is 0 Å². The summed E-state index contributed by atoms with van der Waals surface area (Å²) in [7, 11) is 1.22. The van der Waals surface area contributed by atoms with E-state index in [0.717, 1.165) is 6.07 Å². The van der Waals surface area contributed by atoms with E-state index >= 15 is 0 Å². The van der Waals surface area contributed by atoms with Crippen LogP contribution in [0.15, 0.2) is 18.2 Å². The Bertz CT molecular complexity index is 657. The lowest BCUT2D eigenvalue weighted by molar-refractivity contribution is -0.205. The number of amides is 1. The average Bonchev–Trinajstić information content (AvgIpc) is 2.53. The Morgan fingerprint density at radius 3 is 2.27 bits per heavy atom. The average molecular weight is 399 g/mol. The molecule has 1 atom stereocenters. The molecule has 0 spiro atoms. The van der Waals surface area contributed by atoms with Crippen LogP contribution in [0.3, 0.4) is 0 Å². The standard InChI is InChI=1S/C15H18ClF3N2O5/c1-4-25-12(22)14(15(17,18)19,21-13(23)26-5-2)20-10-8-9(16)6-7-11(10)24-3/h6-8,20H,4-5H2,1-3H3,(H,21,23). The van der Waals surface area contributed by atoms with E-state index in [2.05, 4.69) is 9.47 Å². The minimum Gasteiger partial charge on any atom is -0.495 e. The van der Waals surface area contributed by atoms with Gasteiger partial charge in [0.15, 0.2) is 0 Å². The highest BCUT2D eigenvalue weighted by atomic mass is 35.5. The lowest BCUT2D eigenvalue weighted by Crippen LogP contribution is -2.69. The molecule has 1 aromatic rings. The van der Waals surface area contributed by atoms with Crippen LogP contribution in [0.5, 0.6) is 5.75 Å². The molecule has 0 aromatic heterocycles. The molecule has 0 aliphatic rings. The van der Waals surface area contributed by atoms with Crippen LogP contribution in [0.1, 0.15) is 13.8 Å². The van der Waals surface area contributed by atoms with Crippen molar-refractivity contribution in [1.82, 2.24) is 5.32 Å². The summed E-state index contributed by atoms with van der Waals surface area (Å²) in [5, 5.41) is 3.52. The molecule has 0 aliphatic carbocycles. The normalized spacial score (nSPS) is 13.3. The van der Waals surface area contributed by atoms with Crippen LogP contribution in [0, 0.1) is 0 Å². The van der Waals surface area contributed by atoms with Crippen molar-refractivity contribution >= 4 is 29.4 Å². The van der Waals surface area contributed by atoms with Crippen LogP contribution >= 0.6 is 11.6 Å². The molecule has 0 radical (unpaired) electrons. The molecule has 1 amide bonds. The number of halogens is 4. The maximum atomic E-state index is 13.9. The van der Waals surface area contributed by atoms with E-state index in [1.54, 1.807) is 0 Å². The van der Waals surface area contributed by atoms with Gasteiger partial charge >= 0.3 is 23.9 Å². The summed E-state index contributed by atoms with van der Waals surface area (Å²) < 4.78 is 55.6. The van der Waals surface area contributed by atoms with Gasteiger partial charge in [0.25, 0.3) is 0 Å². The van der Waals surface area contributed by atoms with Crippen LogP contribution < -0.4 is 15.4 Å². The molecular formula is C15H18ClF3N2O5. The molecule has 0 bridgehead atoms. The zero-order valence-corrected chi connectivity index (χ0v) is 15.0. The topological polar surface area (TPSA) is 85.9 Å². The SMILES string of the molecule is CCOC(=O)NC(Nc1cc(Cl)ccc1OC)(C(=O)OCC)C(F)(F)F. The van der Waals surface area contributed by atoms with Gasteiger partial charge in [0.05, 0.1) is 26.0 Å². The van der Waals surface area contributed by atoms with Crippen molar-refractivity contribution in [2.45, 2.75) is 25.7 Å². The van der Waals surface area contributed by atoms with Gasteiger partial charge in [0.2, 0.25) is 0 Å². The number of anilines is 1. The number of alkyl halides is 3. The Balaban J connectivity index is 3.48. The zero-order chi connectivity index (χ0) is 20.0. The van der Waals surface area contributed by atoms with Crippen molar-refractivity contribution in [3.8, 4) is 5.75 Å². The van der Waals surface area contributed by atoms with Gasteiger partial charge in [0.1, 0.15) is 5.75 Å². The molecule has 2 N–H and O–H groups in total. The van der Waals surface area contributed by atoms with Crippen molar-refractivity contribution < 1.29 is 37.0 Å². The highest BCUT2D eigenvalue weighted by Crippen LogP contribution is 2.37. The van der Waals surface area contributed by atoms with E-state index in [9.17, 15) is 22.8 Å². The summed E-state index contributed by atoms with van der Waals surface area (Å²) in [5.41, 5.74) is -3.91. The van der Waals surface area contributed by atoms with Crippen molar-refractivity contribution in [3.05, 3.63) is 23.2 Å². The van der Waals surface area contributed by atoms with Crippen LogP contribution in [0.25, 0.3) is 0 Å². The molecular weight excluding hydrogens is 381 g/mol. The molecule has 146 valence electrons. The summed E-state index contributed by atoms with van der Waals surface area (Å²) in [5.74, 6) is -1.82. The minimum absolute atomic E-state index is 0.0435. The molecule has 1 aromatic carbocycles. The van der Waals surface area contributed by atoms with E-state index in [1.165, 1.54) is 38.4 Å². The first-order chi connectivity index (χ1) is 12.1. The fourth-order valence-electron chi connectivity index (χ4n) is 1.93. The van der Waals surface area contributed by atoms with Gasteiger partial charge in [-0.2, -0.15) is 13.2 Å². The second kappa shape index (κ2) is 8.84. The molecule has 1 rings (SSSR count). The Morgan fingerprint density at radius 1 is 1.15 bits per heavy atom. The number of carbonyl (C=O) groups excluding carboxylic acids is 2. The first-order valence-corrected chi connectivity index (χ1v) is 7.79. The Labute approximate surface area is 152 Å². The van der Waals surface area contributed by atoms with E-state index < -0.39 is 23.9 Å². The van der Waals surface area contributed by atoms with Gasteiger partial charge in [-0.15, -0.1) is 0 Å². The second-order valence-electron chi connectivity index (χ2n) is 4.78. The summed E-state index contributed by atoms with van der Waals surface area (Å²) in [6, 6.07) is 3.78. The van der Waals surface area contributed by atoms with E-state index in [1.807, 2.05) is 5.32 Å². The first-order valence-electron chi connectivity index (χ1n) is 7.41. The highest BCUT2D eigenvalue weighted by Gasteiger charge is 2.64. The van der Waals surface area contributed by atoms with Crippen molar-refractivity contribution in [2.24, 2.45) is 0 Å². The third kappa shape index (κ3) is 4.84. The number of alkyl carbamates (subject to hydrolysis) is 1. The first kappa shape index (κ1) is 21.7. The number of hydrogen-bond acceptors (Lipinski definition) is 6. The minimum atomic E-state index is -5.29. The van der Waals surface area contributed by atoms with Gasteiger partial charge in [-0.25, -0.2) is 9.59 Å². The Morgan fingerprint density at radius 2 is 1.77 bits per heavy atom. The zero-order valence-electron chi connectivity index (χ0n) is 14.2. The number of nitrogens with one attached hydrogen (secondary N) is 2. The Hall–Kier alpha value is -2.36. The maximum absolute atomic E-state index is 13.9. The largest absolute Gasteiger partial charge is 0.495 e. The molecule has 0 saturated carbocycles. The van der Waals surface area contributed by atoms with Gasteiger partial charge in [-0.3, -0.25) is 5.32 Å². The third-order valence-corrected chi connectivity index (χ3v) is 3.29. The van der Waals surface area contributed by atoms with Crippen LogP contribution in [-0.4, -0.2) is 44.2 Å². The number of ether oxygens (including phenoxy) is 3. The number of methoxy groups -OCH3 is 1. The molecule has 7 nitrogen and oxygen atoms in total. The van der Waals surface area contributed by atoms with Crippen LogP contribution in [0.4, 0.5) is 23.7 Å². The summed E-state index contributed by atoms with van der Waals surface area (Å²) in [6.07, 6.45) is -6.76. The number of benzene rings is 1. The lowest BCUT2D eigenvalue weighted by atomic mass is 10.1. The smallest absolute Gasteiger partial charge is 0.442 e. The molecule has 0 heterocycles. The fourth-order valence-corrected chi connectivity index (χ4v) is 2.10. The molecule has 11 heteroatoms. The number of hydrogen-bond donors (Lipinski definition) is 2. The van der Waals surface area contributed by atoms with Gasteiger partial charge in [0, 0.05) is 5.02 Å². The predicted molar refractivity (Wildman–Crippen MR) is 87.2 cm³/mol. The summed E-state index contributed by atoms with van der Waals surface area (Å²) >= 11 is 5.81. The number of esters is 1. The molecule has 26 heavy (non-hydrogen) atoms. The Kier molecular flexibility index (Phi) is 7.37. The highest BCUT2D eigenvalue weighted by molar-refractivity contribution is 6.31. The maximum Gasteiger partial charge on any atom is 0.442 e. The van der Waals surface area contributed by atoms with Gasteiger partial charge in [-0.05, 0) is 32.0 Å². The predicted octanol–water partition coefficient (Wildman–Crippen LogP) is 3.33. The molecule has 0 aliphatic heterocycles. The van der Waals surface area contributed by atoms with Gasteiger partial charge in [-0.1, -0.05) is 11.6 Å². The van der Waals surface area contributed by atoms with Crippen LogP contribution in [-0.2, 0) is 14.3 Å². The second-order valence-corrected chi connectivity index (χ2v) is 5.22. The quantitative estimate of drug-likeness (QED) is 0.541. The van der Waals surface area contributed by atoms with Gasteiger partial charge < -0.3 is 19.5 Å². The van der Waals surface area contributed by atoms with Crippen molar-refractivity contribution in [2.75, 3.05) is 25.6 Å².